The van der Waals surface area contributed by atoms with Gasteiger partial charge >= 0.3 is 0 Å². The second kappa shape index (κ2) is 5.17. The van der Waals surface area contributed by atoms with Gasteiger partial charge in [0.1, 0.15) is 5.75 Å². The fourth-order valence-corrected chi connectivity index (χ4v) is 2.43. The lowest BCUT2D eigenvalue weighted by atomic mass is 10.1. The minimum absolute atomic E-state index is 0.753. The second-order valence-corrected chi connectivity index (χ2v) is 5.03. The molecule has 2 heteroatoms. The maximum Gasteiger partial charge on any atom is 0.119 e. The van der Waals surface area contributed by atoms with Gasteiger partial charge in [-0.15, -0.1) is 11.3 Å². The van der Waals surface area contributed by atoms with Gasteiger partial charge in [0, 0.05) is 11.3 Å². The first-order chi connectivity index (χ1) is 7.74. The molecule has 1 nitrogen and oxygen atoms in total. The standard InChI is InChI=1S/C14H16OS/c1-11-8-12(2)10-13(9-11)15-6-5-14-4-3-7-16-14/h3-4,7-10H,5-6H2,1-2H3. The van der Waals surface area contributed by atoms with Crippen LogP contribution in [0, 0.1) is 13.8 Å². The Bertz CT molecular complexity index is 426. The van der Waals surface area contributed by atoms with E-state index in [-0.39, 0.29) is 0 Å². The molecule has 0 atom stereocenters. The van der Waals surface area contributed by atoms with Gasteiger partial charge in [0.15, 0.2) is 0 Å². The summed E-state index contributed by atoms with van der Waals surface area (Å²) in [7, 11) is 0. The average molecular weight is 232 g/mol. The first-order valence-corrected chi connectivity index (χ1v) is 6.35. The summed E-state index contributed by atoms with van der Waals surface area (Å²) >= 11 is 1.78. The highest BCUT2D eigenvalue weighted by Crippen LogP contribution is 2.17. The Labute approximate surface area is 101 Å². The fraction of sp³-hybridized carbons (Fsp3) is 0.286. The highest BCUT2D eigenvalue weighted by atomic mass is 32.1. The van der Waals surface area contributed by atoms with Crippen molar-refractivity contribution in [3.63, 3.8) is 0 Å². The molecule has 0 aliphatic heterocycles. The predicted octanol–water partition coefficient (Wildman–Crippen LogP) is 3.99. The Morgan fingerprint density at radius 2 is 1.88 bits per heavy atom. The topological polar surface area (TPSA) is 9.23 Å². The van der Waals surface area contributed by atoms with Crippen LogP contribution < -0.4 is 4.74 Å². The van der Waals surface area contributed by atoms with E-state index < -0.39 is 0 Å². The Morgan fingerprint density at radius 1 is 1.12 bits per heavy atom. The highest BCUT2D eigenvalue weighted by Gasteiger charge is 1.98. The van der Waals surface area contributed by atoms with E-state index in [4.69, 9.17) is 4.74 Å². The van der Waals surface area contributed by atoms with Crippen molar-refractivity contribution in [2.75, 3.05) is 6.61 Å². The third-order valence-electron chi connectivity index (χ3n) is 2.39. The zero-order valence-corrected chi connectivity index (χ0v) is 10.5. The third-order valence-corrected chi connectivity index (χ3v) is 3.33. The molecule has 0 aliphatic rings. The van der Waals surface area contributed by atoms with Gasteiger partial charge in [-0.25, -0.2) is 0 Å². The minimum atomic E-state index is 0.753. The van der Waals surface area contributed by atoms with Crippen molar-refractivity contribution in [1.82, 2.24) is 0 Å². The Balaban J connectivity index is 1.89. The molecule has 0 saturated heterocycles. The Kier molecular flexibility index (Phi) is 3.62. The van der Waals surface area contributed by atoms with Crippen LogP contribution in [-0.2, 0) is 6.42 Å². The van der Waals surface area contributed by atoms with E-state index in [0.29, 0.717) is 0 Å². The van der Waals surface area contributed by atoms with Crippen molar-refractivity contribution in [2.24, 2.45) is 0 Å². The number of benzene rings is 1. The van der Waals surface area contributed by atoms with Gasteiger partial charge < -0.3 is 4.74 Å². The molecular formula is C14H16OS. The van der Waals surface area contributed by atoms with Gasteiger partial charge in [0.2, 0.25) is 0 Å². The van der Waals surface area contributed by atoms with Crippen LogP contribution in [0.1, 0.15) is 16.0 Å². The SMILES string of the molecule is Cc1cc(C)cc(OCCc2cccs2)c1. The summed E-state index contributed by atoms with van der Waals surface area (Å²) in [5, 5.41) is 2.10. The van der Waals surface area contributed by atoms with Crippen LogP contribution in [0.3, 0.4) is 0 Å². The van der Waals surface area contributed by atoms with Crippen LogP contribution >= 0.6 is 11.3 Å². The lowest BCUT2D eigenvalue weighted by molar-refractivity contribution is 0.322. The van der Waals surface area contributed by atoms with Gasteiger partial charge in [-0.2, -0.15) is 0 Å². The maximum atomic E-state index is 5.75. The van der Waals surface area contributed by atoms with Crippen molar-refractivity contribution >= 4 is 11.3 Å². The van der Waals surface area contributed by atoms with E-state index in [2.05, 4.69) is 49.6 Å². The quantitative estimate of drug-likeness (QED) is 0.774. The van der Waals surface area contributed by atoms with E-state index in [1.165, 1.54) is 16.0 Å². The number of hydrogen-bond donors (Lipinski definition) is 0. The molecule has 0 spiro atoms. The molecule has 1 heterocycles. The molecule has 0 unspecified atom stereocenters. The third kappa shape index (κ3) is 3.11. The molecular weight excluding hydrogens is 216 g/mol. The van der Waals surface area contributed by atoms with Crippen LogP contribution in [0.25, 0.3) is 0 Å². The zero-order valence-electron chi connectivity index (χ0n) is 9.69. The van der Waals surface area contributed by atoms with Crippen LogP contribution in [0.5, 0.6) is 5.75 Å². The van der Waals surface area contributed by atoms with Crippen LogP contribution in [0.2, 0.25) is 0 Å². The molecule has 1 aromatic heterocycles. The predicted molar refractivity (Wildman–Crippen MR) is 69.4 cm³/mol. The van der Waals surface area contributed by atoms with Crippen LogP contribution in [-0.4, -0.2) is 6.61 Å². The lowest BCUT2D eigenvalue weighted by Gasteiger charge is -2.07. The summed E-state index contributed by atoms with van der Waals surface area (Å²) in [6, 6.07) is 10.6. The van der Waals surface area contributed by atoms with E-state index in [1.54, 1.807) is 11.3 Å². The van der Waals surface area contributed by atoms with Gasteiger partial charge in [-0.05, 0) is 48.6 Å². The monoisotopic (exact) mass is 232 g/mol. The average Bonchev–Trinajstić information content (AvgIpc) is 2.69. The van der Waals surface area contributed by atoms with Crippen molar-refractivity contribution in [3.05, 3.63) is 51.7 Å². The van der Waals surface area contributed by atoms with Crippen LogP contribution in [0.4, 0.5) is 0 Å². The summed E-state index contributed by atoms with van der Waals surface area (Å²) in [5.41, 5.74) is 2.51. The molecule has 0 bridgehead atoms. The molecule has 2 rings (SSSR count). The first kappa shape index (κ1) is 11.2. The van der Waals surface area contributed by atoms with E-state index >= 15 is 0 Å². The molecule has 1 aromatic carbocycles. The smallest absolute Gasteiger partial charge is 0.119 e. The molecule has 0 saturated carbocycles. The van der Waals surface area contributed by atoms with Crippen molar-refractivity contribution in [2.45, 2.75) is 20.3 Å². The summed E-state index contributed by atoms with van der Waals surface area (Å²) in [5.74, 6) is 0.981. The molecule has 2 aromatic rings. The van der Waals surface area contributed by atoms with Crippen molar-refractivity contribution in [1.29, 1.82) is 0 Å². The number of hydrogen-bond acceptors (Lipinski definition) is 2. The van der Waals surface area contributed by atoms with Crippen molar-refractivity contribution < 1.29 is 4.74 Å². The molecule has 0 fully saturated rings. The Morgan fingerprint density at radius 3 is 2.50 bits per heavy atom. The second-order valence-electron chi connectivity index (χ2n) is 4.00. The minimum Gasteiger partial charge on any atom is -0.493 e. The molecule has 0 amide bonds. The van der Waals surface area contributed by atoms with Gasteiger partial charge in [0.05, 0.1) is 6.61 Å². The van der Waals surface area contributed by atoms with E-state index in [1.807, 2.05) is 0 Å². The summed E-state index contributed by atoms with van der Waals surface area (Å²) in [6.45, 7) is 4.95. The molecule has 84 valence electrons. The molecule has 16 heavy (non-hydrogen) atoms. The number of aryl methyl sites for hydroxylation is 2. The Hall–Kier alpha value is -1.28. The van der Waals surface area contributed by atoms with E-state index in [0.717, 1.165) is 18.8 Å². The van der Waals surface area contributed by atoms with E-state index in [9.17, 15) is 0 Å². The number of rotatable bonds is 4. The molecule has 0 aliphatic carbocycles. The zero-order chi connectivity index (χ0) is 11.4. The van der Waals surface area contributed by atoms with Gasteiger partial charge in [0.25, 0.3) is 0 Å². The van der Waals surface area contributed by atoms with Gasteiger partial charge in [-0.3, -0.25) is 0 Å². The van der Waals surface area contributed by atoms with Gasteiger partial charge in [-0.1, -0.05) is 12.1 Å². The summed E-state index contributed by atoms with van der Waals surface area (Å²) in [4.78, 5) is 1.38. The first-order valence-electron chi connectivity index (χ1n) is 5.47. The fourth-order valence-electron chi connectivity index (χ4n) is 1.74. The summed E-state index contributed by atoms with van der Waals surface area (Å²) < 4.78 is 5.75. The van der Waals surface area contributed by atoms with Crippen molar-refractivity contribution in [3.8, 4) is 5.75 Å². The summed E-state index contributed by atoms with van der Waals surface area (Å²) in [6.07, 6.45) is 0.991. The normalized spacial score (nSPS) is 10.4. The molecule has 0 radical (unpaired) electrons. The van der Waals surface area contributed by atoms with Crippen LogP contribution in [0.15, 0.2) is 35.7 Å². The largest absolute Gasteiger partial charge is 0.493 e. The molecule has 0 N–H and O–H groups in total. The highest BCUT2D eigenvalue weighted by molar-refractivity contribution is 7.09. The lowest BCUT2D eigenvalue weighted by Crippen LogP contribution is -2.00. The number of ether oxygens (including phenoxy) is 1. The maximum absolute atomic E-state index is 5.75. The number of thiophene rings is 1.